The van der Waals surface area contributed by atoms with Crippen molar-refractivity contribution in [1.29, 1.82) is 0 Å². The predicted molar refractivity (Wildman–Crippen MR) is 97.2 cm³/mol. The average Bonchev–Trinajstić information content (AvgIpc) is 3.21. The van der Waals surface area contributed by atoms with Gasteiger partial charge in [0.05, 0.1) is 16.1 Å². The number of sulfone groups is 1. The van der Waals surface area contributed by atoms with E-state index in [1.807, 2.05) is 28.8 Å². The number of anilines is 1. The first-order valence-electron chi connectivity index (χ1n) is 7.90. The molecule has 0 fully saturated rings. The zero-order valence-electron chi connectivity index (χ0n) is 14.2. The number of nitrogens with zero attached hydrogens (tertiary/aromatic N) is 3. The van der Waals surface area contributed by atoms with Crippen molar-refractivity contribution >= 4 is 21.2 Å². The molecule has 0 aliphatic carbocycles. The lowest BCUT2D eigenvalue weighted by Crippen LogP contribution is -2.12. The maximum atomic E-state index is 12.7. The van der Waals surface area contributed by atoms with E-state index in [0.29, 0.717) is 6.07 Å². The van der Waals surface area contributed by atoms with Crippen molar-refractivity contribution < 1.29 is 22.1 Å². The van der Waals surface area contributed by atoms with Crippen LogP contribution >= 0.6 is 0 Å². The van der Waals surface area contributed by atoms with Gasteiger partial charge in [0.2, 0.25) is 9.84 Å². The molecule has 0 amide bonds. The summed E-state index contributed by atoms with van der Waals surface area (Å²) in [6, 6.07) is 9.95. The monoisotopic (exact) mass is 408 g/mol. The van der Waals surface area contributed by atoms with Gasteiger partial charge < -0.3 is 9.88 Å². The molecule has 1 N–H and O–H groups in total. The van der Waals surface area contributed by atoms with E-state index in [9.17, 15) is 27.3 Å². The van der Waals surface area contributed by atoms with Crippen LogP contribution in [0.3, 0.4) is 0 Å². The Morgan fingerprint density at radius 2 is 1.89 bits per heavy atom. The molecule has 1 aromatic heterocycles. The summed E-state index contributed by atoms with van der Waals surface area (Å²) in [5, 5.41) is 14.1. The number of nitro benzene ring substituents is 1. The molecule has 1 heterocycles. The summed E-state index contributed by atoms with van der Waals surface area (Å²) >= 11 is 0. The minimum absolute atomic E-state index is 0.0249. The normalized spacial score (nSPS) is 11.5. The van der Waals surface area contributed by atoms with Gasteiger partial charge in [0.15, 0.2) is 0 Å². The molecule has 146 valence electrons. The third-order valence-corrected chi connectivity index (χ3v) is 5.33. The van der Waals surface area contributed by atoms with E-state index in [0.717, 1.165) is 23.4 Å². The van der Waals surface area contributed by atoms with Gasteiger partial charge in [-0.1, -0.05) is 12.1 Å². The van der Waals surface area contributed by atoms with Crippen LogP contribution in [0.25, 0.3) is 5.69 Å². The molecule has 2 aromatic carbocycles. The summed E-state index contributed by atoms with van der Waals surface area (Å²) in [7, 11) is -4.92. The maximum Gasteiger partial charge on any atom is 0.341 e. The first-order chi connectivity index (χ1) is 13.3. The lowest BCUT2D eigenvalue weighted by atomic mass is 10.2. The van der Waals surface area contributed by atoms with E-state index in [2.05, 4.69) is 10.3 Å². The molecule has 0 saturated heterocycles. The van der Waals surface area contributed by atoms with Crippen LogP contribution in [0.15, 0.2) is 66.1 Å². The van der Waals surface area contributed by atoms with Crippen molar-refractivity contribution in [3.05, 3.63) is 76.9 Å². The van der Waals surface area contributed by atoms with Gasteiger partial charge >= 0.3 is 5.76 Å². The molecular formula is C17H14F2N4O4S. The Kier molecular flexibility index (Phi) is 5.36. The summed E-state index contributed by atoms with van der Waals surface area (Å²) in [6.07, 6.45) is 5.07. The van der Waals surface area contributed by atoms with E-state index in [-0.39, 0.29) is 12.2 Å². The van der Waals surface area contributed by atoms with Crippen LogP contribution in [-0.2, 0) is 16.4 Å². The highest BCUT2D eigenvalue weighted by Gasteiger charge is 2.29. The van der Waals surface area contributed by atoms with Gasteiger partial charge in [0.1, 0.15) is 5.69 Å². The smallest absolute Gasteiger partial charge is 0.341 e. The van der Waals surface area contributed by atoms with Crippen molar-refractivity contribution in [3.63, 3.8) is 0 Å². The number of nitro groups is 1. The number of alkyl halides is 2. The third-order valence-electron chi connectivity index (χ3n) is 3.95. The third kappa shape index (κ3) is 3.98. The Balaban J connectivity index is 1.79. The highest BCUT2D eigenvalue weighted by molar-refractivity contribution is 7.91. The largest absolute Gasteiger partial charge is 0.375 e. The Bertz CT molecular complexity index is 1080. The van der Waals surface area contributed by atoms with E-state index < -0.39 is 31.1 Å². The molecule has 0 spiro atoms. The molecule has 11 heteroatoms. The summed E-state index contributed by atoms with van der Waals surface area (Å²) in [6.45, 7) is 0.214. The minimum atomic E-state index is -4.92. The highest BCUT2D eigenvalue weighted by Crippen LogP contribution is 2.30. The van der Waals surface area contributed by atoms with Gasteiger partial charge in [-0.15, -0.1) is 0 Å². The van der Waals surface area contributed by atoms with Crippen LogP contribution in [0.1, 0.15) is 5.56 Å². The van der Waals surface area contributed by atoms with Gasteiger partial charge in [-0.2, -0.15) is 8.78 Å². The van der Waals surface area contributed by atoms with Crippen LogP contribution in [0.4, 0.5) is 20.2 Å². The average molecular weight is 408 g/mol. The fourth-order valence-electron chi connectivity index (χ4n) is 2.49. The molecule has 0 saturated carbocycles. The molecule has 3 aromatic rings. The first kappa shape index (κ1) is 19.4. The van der Waals surface area contributed by atoms with Crippen LogP contribution in [0.2, 0.25) is 0 Å². The van der Waals surface area contributed by atoms with Gasteiger partial charge in [-0.25, -0.2) is 13.4 Å². The molecule has 8 nitrogen and oxygen atoms in total. The van der Waals surface area contributed by atoms with Crippen molar-refractivity contribution in [1.82, 2.24) is 9.55 Å². The van der Waals surface area contributed by atoms with E-state index in [1.54, 1.807) is 18.7 Å². The van der Waals surface area contributed by atoms with Crippen molar-refractivity contribution in [2.45, 2.75) is 17.2 Å². The first-order valence-corrected chi connectivity index (χ1v) is 9.45. The molecule has 0 unspecified atom stereocenters. The minimum Gasteiger partial charge on any atom is -0.375 e. The van der Waals surface area contributed by atoms with Gasteiger partial charge in [0, 0.05) is 30.7 Å². The van der Waals surface area contributed by atoms with Crippen LogP contribution in [0.5, 0.6) is 0 Å². The second-order valence-electron chi connectivity index (χ2n) is 5.73. The van der Waals surface area contributed by atoms with E-state index in [1.165, 1.54) is 0 Å². The predicted octanol–water partition coefficient (Wildman–Crippen LogP) is 3.39. The molecule has 0 radical (unpaired) electrons. The van der Waals surface area contributed by atoms with Crippen LogP contribution in [0, 0.1) is 10.1 Å². The number of imidazole rings is 1. The number of hydrogen-bond acceptors (Lipinski definition) is 6. The standard InChI is InChI=1S/C17H14F2N4O4S/c18-17(19)28(26,27)14-5-6-15(16(9-14)23(24)25)21-10-12-1-3-13(4-2-12)22-8-7-20-11-22/h1-9,11,17,21H,10H2. The Morgan fingerprint density at radius 3 is 2.46 bits per heavy atom. The summed E-state index contributed by atoms with van der Waals surface area (Å²) in [5.41, 5.74) is 1.12. The zero-order chi connectivity index (χ0) is 20.3. The molecular weight excluding hydrogens is 394 g/mol. The Hall–Kier alpha value is -3.34. The number of nitrogens with one attached hydrogen (secondary N) is 1. The van der Waals surface area contributed by atoms with Gasteiger partial charge in [-0.05, 0) is 29.8 Å². The van der Waals surface area contributed by atoms with Gasteiger partial charge in [-0.3, -0.25) is 10.1 Å². The summed E-state index contributed by atoms with van der Waals surface area (Å²) < 4.78 is 50.2. The fourth-order valence-corrected chi connectivity index (χ4v) is 3.23. The van der Waals surface area contributed by atoms with Crippen molar-refractivity contribution in [2.75, 3.05) is 5.32 Å². The summed E-state index contributed by atoms with van der Waals surface area (Å²) in [5.74, 6) is -3.65. The van der Waals surface area contributed by atoms with Crippen LogP contribution in [-0.4, -0.2) is 28.6 Å². The second-order valence-corrected chi connectivity index (χ2v) is 7.65. The summed E-state index contributed by atoms with van der Waals surface area (Å²) in [4.78, 5) is 13.6. The lowest BCUT2D eigenvalue weighted by molar-refractivity contribution is -0.384. The molecule has 0 atom stereocenters. The molecule has 3 rings (SSSR count). The number of aromatic nitrogens is 2. The van der Waals surface area contributed by atoms with Crippen molar-refractivity contribution in [2.24, 2.45) is 0 Å². The van der Waals surface area contributed by atoms with E-state index in [4.69, 9.17) is 0 Å². The van der Waals surface area contributed by atoms with Crippen LogP contribution < -0.4 is 5.32 Å². The molecule has 0 aliphatic rings. The second kappa shape index (κ2) is 7.72. The Labute approximate surface area is 158 Å². The van der Waals surface area contributed by atoms with Crippen molar-refractivity contribution in [3.8, 4) is 5.69 Å². The highest BCUT2D eigenvalue weighted by atomic mass is 32.2. The van der Waals surface area contributed by atoms with Gasteiger partial charge in [0.25, 0.3) is 5.69 Å². The molecule has 28 heavy (non-hydrogen) atoms. The zero-order valence-corrected chi connectivity index (χ0v) is 15.0. The number of benzene rings is 2. The number of halogens is 2. The number of rotatable bonds is 7. The van der Waals surface area contributed by atoms with E-state index >= 15 is 0 Å². The quantitative estimate of drug-likeness (QED) is 0.474. The maximum absolute atomic E-state index is 12.7. The lowest BCUT2D eigenvalue weighted by Gasteiger charge is -2.10. The Morgan fingerprint density at radius 1 is 1.18 bits per heavy atom. The number of hydrogen-bond donors (Lipinski definition) is 1. The topological polar surface area (TPSA) is 107 Å². The SMILES string of the molecule is O=[N+]([O-])c1cc(S(=O)(=O)C(F)F)ccc1NCc1ccc(-n2ccnc2)cc1. The fraction of sp³-hybridized carbons (Fsp3) is 0.118. The molecule has 0 aliphatic heterocycles. The molecule has 0 bridgehead atoms.